The molecule has 0 aliphatic carbocycles. The second-order valence-corrected chi connectivity index (χ2v) is 9.21. The molecule has 10 heteroatoms. The first kappa shape index (κ1) is 24.9. The average molecular weight is 506 g/mol. The molecular weight excluding hydrogens is 474 g/mol. The summed E-state index contributed by atoms with van der Waals surface area (Å²) in [5.74, 6) is 0.854. The van der Waals surface area contributed by atoms with Gasteiger partial charge in [-0.1, -0.05) is 12.1 Å². The fourth-order valence-corrected chi connectivity index (χ4v) is 4.63. The molecule has 2 amide bonds. The van der Waals surface area contributed by atoms with Crippen molar-refractivity contribution in [3.63, 3.8) is 0 Å². The minimum Gasteiger partial charge on any atom is -0.496 e. The second-order valence-electron chi connectivity index (χ2n) is 9.21. The molecule has 2 N–H and O–H groups in total. The number of aromatic nitrogens is 2. The van der Waals surface area contributed by atoms with Gasteiger partial charge in [-0.05, 0) is 49.9 Å². The van der Waals surface area contributed by atoms with E-state index in [1.54, 1.807) is 25.4 Å². The lowest BCUT2D eigenvalue weighted by Crippen LogP contribution is -2.45. The van der Waals surface area contributed by atoms with E-state index >= 15 is 0 Å². The van der Waals surface area contributed by atoms with Crippen LogP contribution in [-0.2, 0) is 9.57 Å². The van der Waals surface area contributed by atoms with Crippen molar-refractivity contribution < 1.29 is 23.9 Å². The number of rotatable bonds is 7. The topological polar surface area (TPSA) is 115 Å². The van der Waals surface area contributed by atoms with E-state index in [0.717, 1.165) is 61.9 Å². The fraction of sp³-hybridized carbons (Fsp3) is 0.407. The maximum absolute atomic E-state index is 12.9. The lowest BCUT2D eigenvalue weighted by Gasteiger charge is -2.33. The van der Waals surface area contributed by atoms with E-state index < -0.39 is 6.29 Å². The number of anilines is 1. The van der Waals surface area contributed by atoms with E-state index in [0.29, 0.717) is 23.6 Å². The Labute approximate surface area is 215 Å². The third kappa shape index (κ3) is 5.98. The molecule has 4 heterocycles. The van der Waals surface area contributed by atoms with E-state index in [-0.39, 0.29) is 17.9 Å². The number of hydrogen-bond donors (Lipinski definition) is 2. The van der Waals surface area contributed by atoms with Gasteiger partial charge in [0, 0.05) is 49.8 Å². The number of nitrogens with zero attached hydrogens (tertiary/aromatic N) is 3. The third-order valence-electron chi connectivity index (χ3n) is 6.72. The number of benzene rings is 1. The Hall–Kier alpha value is -3.76. The van der Waals surface area contributed by atoms with Gasteiger partial charge >= 0.3 is 0 Å². The molecule has 2 saturated heterocycles. The maximum atomic E-state index is 12.9. The van der Waals surface area contributed by atoms with E-state index in [1.165, 1.54) is 0 Å². The highest BCUT2D eigenvalue weighted by Gasteiger charge is 2.23. The Morgan fingerprint density at radius 1 is 1.05 bits per heavy atom. The Kier molecular flexibility index (Phi) is 7.76. The first-order chi connectivity index (χ1) is 18.1. The van der Waals surface area contributed by atoms with Crippen molar-refractivity contribution in [2.45, 2.75) is 44.4 Å². The number of nitrogens with one attached hydrogen (secondary N) is 2. The van der Waals surface area contributed by atoms with Gasteiger partial charge < -0.3 is 19.7 Å². The molecule has 0 radical (unpaired) electrons. The first-order valence-corrected chi connectivity index (χ1v) is 12.6. The zero-order valence-corrected chi connectivity index (χ0v) is 20.8. The van der Waals surface area contributed by atoms with Crippen molar-refractivity contribution >= 4 is 28.5 Å². The number of para-hydroxylation sites is 1. The molecule has 2 fully saturated rings. The molecule has 1 unspecified atom stereocenters. The molecule has 2 aliphatic heterocycles. The fourth-order valence-electron chi connectivity index (χ4n) is 4.63. The van der Waals surface area contributed by atoms with Gasteiger partial charge in [0.2, 0.25) is 0 Å². The van der Waals surface area contributed by atoms with Crippen LogP contribution in [0.3, 0.4) is 0 Å². The van der Waals surface area contributed by atoms with Crippen molar-refractivity contribution in [2.75, 3.05) is 31.7 Å². The minimum atomic E-state index is -0.397. The highest BCUT2D eigenvalue weighted by molar-refractivity contribution is 5.97. The molecule has 0 saturated carbocycles. The number of ether oxygens (including phenoxy) is 2. The predicted octanol–water partition coefficient (Wildman–Crippen LogP) is 3.23. The molecule has 10 nitrogen and oxygen atoms in total. The Balaban J connectivity index is 1.12. The minimum absolute atomic E-state index is 0.0345. The van der Waals surface area contributed by atoms with E-state index in [2.05, 4.69) is 25.7 Å². The molecule has 1 atom stereocenters. The SMILES string of the molecule is COc1cc(C(=O)NC2CCN(c3ccc(C(=O)NOC4CCCCO4)cn3)CC2)nc2ccccc12. The number of hydrogen-bond acceptors (Lipinski definition) is 8. The van der Waals surface area contributed by atoms with Crippen LogP contribution in [0.5, 0.6) is 5.75 Å². The van der Waals surface area contributed by atoms with Crippen LogP contribution in [0.4, 0.5) is 5.82 Å². The summed E-state index contributed by atoms with van der Waals surface area (Å²) in [6, 6.07) is 12.9. The first-order valence-electron chi connectivity index (χ1n) is 12.6. The van der Waals surface area contributed by atoms with Crippen LogP contribution >= 0.6 is 0 Å². The summed E-state index contributed by atoms with van der Waals surface area (Å²) in [5.41, 5.74) is 3.93. The lowest BCUT2D eigenvalue weighted by atomic mass is 10.0. The summed E-state index contributed by atoms with van der Waals surface area (Å²) < 4.78 is 10.9. The predicted molar refractivity (Wildman–Crippen MR) is 137 cm³/mol. The zero-order valence-electron chi connectivity index (χ0n) is 20.8. The van der Waals surface area contributed by atoms with Crippen molar-refractivity contribution in [3.05, 3.63) is 59.9 Å². The van der Waals surface area contributed by atoms with Crippen LogP contribution in [0.25, 0.3) is 10.9 Å². The molecular formula is C27H31N5O5. The number of piperidine rings is 1. The van der Waals surface area contributed by atoms with Crippen LogP contribution < -0.4 is 20.4 Å². The number of pyridine rings is 2. The molecule has 3 aromatic rings. The summed E-state index contributed by atoms with van der Waals surface area (Å²) >= 11 is 0. The summed E-state index contributed by atoms with van der Waals surface area (Å²) in [7, 11) is 1.59. The van der Waals surface area contributed by atoms with Gasteiger partial charge in [0.05, 0.1) is 18.2 Å². The number of amides is 2. The second kappa shape index (κ2) is 11.5. The molecule has 1 aromatic carbocycles. The summed E-state index contributed by atoms with van der Waals surface area (Å²) in [5, 5.41) is 3.98. The largest absolute Gasteiger partial charge is 0.496 e. The normalized spacial score (nSPS) is 18.4. The monoisotopic (exact) mass is 505 g/mol. The quantitative estimate of drug-likeness (QED) is 0.471. The highest BCUT2D eigenvalue weighted by atomic mass is 16.8. The number of carbonyl (C=O) groups is 2. The van der Waals surface area contributed by atoms with Gasteiger partial charge in [0.25, 0.3) is 11.8 Å². The van der Waals surface area contributed by atoms with Crippen LogP contribution in [0.15, 0.2) is 48.7 Å². The average Bonchev–Trinajstić information content (AvgIpc) is 2.96. The smallest absolute Gasteiger partial charge is 0.276 e. The van der Waals surface area contributed by atoms with Crippen LogP contribution in [-0.4, -0.2) is 60.9 Å². The zero-order chi connectivity index (χ0) is 25.6. The number of carbonyl (C=O) groups excluding carboxylic acids is 2. The van der Waals surface area contributed by atoms with Crippen molar-refractivity contribution in [2.24, 2.45) is 0 Å². The summed E-state index contributed by atoms with van der Waals surface area (Å²) in [4.78, 5) is 41.7. The van der Waals surface area contributed by atoms with Gasteiger partial charge in [-0.25, -0.2) is 20.3 Å². The maximum Gasteiger partial charge on any atom is 0.276 e. The van der Waals surface area contributed by atoms with E-state index in [4.69, 9.17) is 14.3 Å². The molecule has 0 bridgehead atoms. The van der Waals surface area contributed by atoms with Gasteiger partial charge in [-0.2, -0.15) is 0 Å². The van der Waals surface area contributed by atoms with Crippen molar-refractivity contribution in [1.82, 2.24) is 20.8 Å². The molecule has 0 spiro atoms. The van der Waals surface area contributed by atoms with Gasteiger partial charge in [-0.3, -0.25) is 9.59 Å². The molecule has 2 aromatic heterocycles. The number of fused-ring (bicyclic) bond motifs is 1. The highest BCUT2D eigenvalue weighted by Crippen LogP contribution is 2.25. The van der Waals surface area contributed by atoms with E-state index in [1.807, 2.05) is 30.3 Å². The van der Waals surface area contributed by atoms with Crippen LogP contribution in [0.1, 0.15) is 53.0 Å². The van der Waals surface area contributed by atoms with E-state index in [9.17, 15) is 9.59 Å². The number of hydroxylamine groups is 1. The van der Waals surface area contributed by atoms with Crippen molar-refractivity contribution in [3.8, 4) is 5.75 Å². The Morgan fingerprint density at radius 3 is 2.62 bits per heavy atom. The Bertz CT molecular complexity index is 1240. The Morgan fingerprint density at radius 2 is 1.89 bits per heavy atom. The molecule has 2 aliphatic rings. The summed E-state index contributed by atoms with van der Waals surface area (Å²) in [6.07, 6.45) is 5.49. The van der Waals surface area contributed by atoms with Crippen LogP contribution in [0, 0.1) is 0 Å². The molecule has 194 valence electrons. The van der Waals surface area contributed by atoms with Crippen molar-refractivity contribution in [1.29, 1.82) is 0 Å². The third-order valence-corrected chi connectivity index (χ3v) is 6.72. The molecule has 5 rings (SSSR count). The number of methoxy groups -OCH3 is 1. The van der Waals surface area contributed by atoms with Gasteiger partial charge in [0.15, 0.2) is 6.29 Å². The van der Waals surface area contributed by atoms with Gasteiger partial charge in [0.1, 0.15) is 17.3 Å². The van der Waals surface area contributed by atoms with Crippen LogP contribution in [0.2, 0.25) is 0 Å². The van der Waals surface area contributed by atoms with Gasteiger partial charge in [-0.15, -0.1) is 0 Å². The summed E-state index contributed by atoms with van der Waals surface area (Å²) in [6.45, 7) is 2.12. The standard InChI is InChI=1S/C27H31N5O5/c1-35-23-16-22(30-21-7-3-2-6-20(21)23)27(34)29-19-11-13-32(14-12-19)24-10-9-18(17-28-24)26(33)31-37-25-8-4-5-15-36-25/h2-3,6-7,9-10,16-17,19,25H,4-5,8,11-15H2,1H3,(H,29,34)(H,31,33). The lowest BCUT2D eigenvalue weighted by molar-refractivity contribution is -0.186. The molecule has 37 heavy (non-hydrogen) atoms.